The van der Waals surface area contributed by atoms with E-state index < -0.39 is 5.97 Å². The average Bonchev–Trinajstić information content (AvgIpc) is 2.89. The fourth-order valence-electron chi connectivity index (χ4n) is 1.64. The predicted molar refractivity (Wildman–Crippen MR) is 62.6 cm³/mol. The van der Waals surface area contributed by atoms with Gasteiger partial charge in [0.2, 0.25) is 0 Å². The van der Waals surface area contributed by atoms with Crippen LogP contribution in [0.25, 0.3) is 0 Å². The Morgan fingerprint density at radius 2 is 2.44 bits per heavy atom. The highest BCUT2D eigenvalue weighted by molar-refractivity contribution is 5.76. The zero-order valence-electron chi connectivity index (χ0n) is 9.83. The van der Waals surface area contributed by atoms with E-state index in [1.807, 2.05) is 0 Å². The van der Waals surface area contributed by atoms with Gasteiger partial charge in [-0.3, -0.25) is 9.48 Å². The molecular formula is C10H15N5O3. The third-order valence-electron chi connectivity index (χ3n) is 2.52. The molecule has 1 saturated heterocycles. The Balaban J connectivity index is 1.67. The molecule has 0 atom stereocenters. The van der Waals surface area contributed by atoms with Crippen LogP contribution in [0.2, 0.25) is 0 Å². The monoisotopic (exact) mass is 253 g/mol. The van der Waals surface area contributed by atoms with Crippen LogP contribution in [0.4, 0.5) is 10.6 Å². The lowest BCUT2D eigenvalue weighted by molar-refractivity contribution is -0.144. The summed E-state index contributed by atoms with van der Waals surface area (Å²) in [5, 5.41) is 6.54. The van der Waals surface area contributed by atoms with E-state index >= 15 is 0 Å². The van der Waals surface area contributed by atoms with Crippen molar-refractivity contribution in [1.82, 2.24) is 20.0 Å². The lowest BCUT2D eigenvalue weighted by Gasteiger charge is -2.13. The minimum atomic E-state index is -0.405. The molecule has 1 aliphatic rings. The van der Waals surface area contributed by atoms with Crippen LogP contribution in [0, 0.1) is 0 Å². The molecule has 2 heterocycles. The number of nitrogens with two attached hydrogens (primary N) is 1. The molecule has 1 fully saturated rings. The van der Waals surface area contributed by atoms with Gasteiger partial charge >= 0.3 is 12.0 Å². The second-order valence-electron chi connectivity index (χ2n) is 3.88. The Kier molecular flexibility index (Phi) is 3.66. The number of rotatable bonds is 5. The van der Waals surface area contributed by atoms with Crippen LogP contribution in [-0.4, -0.2) is 52.9 Å². The smallest absolute Gasteiger partial charge is 0.327 e. The number of esters is 1. The molecule has 3 N–H and O–H groups in total. The van der Waals surface area contributed by atoms with Crippen LogP contribution in [0.15, 0.2) is 12.3 Å². The van der Waals surface area contributed by atoms with E-state index in [2.05, 4.69) is 10.4 Å². The Morgan fingerprint density at radius 1 is 1.61 bits per heavy atom. The summed E-state index contributed by atoms with van der Waals surface area (Å²) in [7, 11) is 0. The van der Waals surface area contributed by atoms with E-state index in [0.717, 1.165) is 0 Å². The molecule has 0 aromatic carbocycles. The number of carbonyl (C=O) groups is 2. The van der Waals surface area contributed by atoms with E-state index in [9.17, 15) is 9.59 Å². The Labute approximate surface area is 104 Å². The second-order valence-corrected chi connectivity index (χ2v) is 3.88. The number of carbonyl (C=O) groups excluding carboxylic acids is 2. The van der Waals surface area contributed by atoms with Gasteiger partial charge in [-0.15, -0.1) is 0 Å². The third kappa shape index (κ3) is 3.12. The maximum absolute atomic E-state index is 11.4. The standard InChI is InChI=1S/C10H15N5O3/c11-8-1-3-15(13-8)7-9(16)18-6-5-14-4-2-12-10(14)17/h1,3H,2,4-7H2,(H2,11,13)(H,12,17). The fraction of sp³-hybridized carbons (Fsp3) is 0.500. The molecule has 18 heavy (non-hydrogen) atoms. The molecule has 98 valence electrons. The fourth-order valence-corrected chi connectivity index (χ4v) is 1.64. The van der Waals surface area contributed by atoms with E-state index in [0.29, 0.717) is 25.5 Å². The number of nitrogen functional groups attached to an aromatic ring is 1. The summed E-state index contributed by atoms with van der Waals surface area (Å²) in [6.45, 7) is 1.89. The van der Waals surface area contributed by atoms with Crippen LogP contribution < -0.4 is 11.1 Å². The number of urea groups is 1. The summed E-state index contributed by atoms with van der Waals surface area (Å²) in [6.07, 6.45) is 1.60. The maximum atomic E-state index is 11.4. The normalized spacial score (nSPS) is 14.7. The maximum Gasteiger partial charge on any atom is 0.327 e. The molecule has 8 nitrogen and oxygen atoms in total. The van der Waals surface area contributed by atoms with E-state index in [4.69, 9.17) is 10.5 Å². The molecule has 0 saturated carbocycles. The van der Waals surface area contributed by atoms with Crippen molar-refractivity contribution in [3.8, 4) is 0 Å². The molecule has 1 aliphatic heterocycles. The highest BCUT2D eigenvalue weighted by atomic mass is 16.5. The SMILES string of the molecule is Nc1ccn(CC(=O)OCCN2CCNC2=O)n1. The average molecular weight is 253 g/mol. The van der Waals surface area contributed by atoms with Crippen molar-refractivity contribution in [2.75, 3.05) is 32.0 Å². The number of hydrogen-bond donors (Lipinski definition) is 2. The zero-order chi connectivity index (χ0) is 13.0. The number of nitrogens with one attached hydrogen (secondary N) is 1. The molecule has 2 amide bonds. The van der Waals surface area contributed by atoms with Crippen LogP contribution in [0.1, 0.15) is 0 Å². The van der Waals surface area contributed by atoms with Gasteiger partial charge in [0.05, 0.1) is 6.54 Å². The van der Waals surface area contributed by atoms with Crippen molar-refractivity contribution in [3.63, 3.8) is 0 Å². The quantitative estimate of drug-likeness (QED) is 0.657. The first-order chi connectivity index (χ1) is 8.65. The molecular weight excluding hydrogens is 238 g/mol. The van der Waals surface area contributed by atoms with Gasteiger partial charge in [0.1, 0.15) is 19.0 Å². The predicted octanol–water partition coefficient (Wildman–Crippen LogP) is -0.966. The van der Waals surface area contributed by atoms with Gasteiger partial charge in [0.25, 0.3) is 0 Å². The number of anilines is 1. The van der Waals surface area contributed by atoms with Crippen LogP contribution in [-0.2, 0) is 16.1 Å². The van der Waals surface area contributed by atoms with Gasteiger partial charge in [0.15, 0.2) is 0 Å². The number of hydrogen-bond acceptors (Lipinski definition) is 5. The first-order valence-electron chi connectivity index (χ1n) is 5.62. The highest BCUT2D eigenvalue weighted by Crippen LogP contribution is 1.98. The van der Waals surface area contributed by atoms with Crippen molar-refractivity contribution in [3.05, 3.63) is 12.3 Å². The largest absolute Gasteiger partial charge is 0.462 e. The molecule has 8 heteroatoms. The Bertz CT molecular complexity index is 444. The lowest BCUT2D eigenvalue weighted by Crippen LogP contribution is -2.32. The molecule has 0 radical (unpaired) electrons. The first-order valence-corrected chi connectivity index (χ1v) is 5.62. The molecule has 0 bridgehead atoms. The van der Waals surface area contributed by atoms with Crippen LogP contribution in [0.3, 0.4) is 0 Å². The number of nitrogens with zero attached hydrogens (tertiary/aromatic N) is 3. The number of ether oxygens (including phenoxy) is 1. The zero-order valence-corrected chi connectivity index (χ0v) is 9.83. The number of amides is 2. The Hall–Kier alpha value is -2.25. The van der Waals surface area contributed by atoms with Gasteiger partial charge in [-0.25, -0.2) is 4.79 Å². The van der Waals surface area contributed by atoms with Crippen molar-refractivity contribution >= 4 is 17.8 Å². The summed E-state index contributed by atoms with van der Waals surface area (Å²) in [5.74, 6) is -0.0470. The molecule has 0 spiro atoms. The summed E-state index contributed by atoms with van der Waals surface area (Å²) >= 11 is 0. The van der Waals surface area contributed by atoms with E-state index in [1.54, 1.807) is 17.2 Å². The van der Waals surface area contributed by atoms with Crippen molar-refractivity contribution in [1.29, 1.82) is 0 Å². The highest BCUT2D eigenvalue weighted by Gasteiger charge is 2.19. The lowest BCUT2D eigenvalue weighted by atomic mass is 10.5. The minimum Gasteiger partial charge on any atom is -0.462 e. The number of aromatic nitrogens is 2. The first kappa shape index (κ1) is 12.2. The van der Waals surface area contributed by atoms with Gasteiger partial charge in [-0.1, -0.05) is 0 Å². The van der Waals surface area contributed by atoms with Gasteiger partial charge in [0, 0.05) is 19.3 Å². The third-order valence-corrected chi connectivity index (χ3v) is 2.52. The van der Waals surface area contributed by atoms with Crippen molar-refractivity contribution < 1.29 is 14.3 Å². The van der Waals surface area contributed by atoms with Crippen LogP contribution >= 0.6 is 0 Å². The molecule has 0 aliphatic carbocycles. The minimum absolute atomic E-state index is 0.0173. The van der Waals surface area contributed by atoms with E-state index in [-0.39, 0.29) is 19.2 Å². The summed E-state index contributed by atoms with van der Waals surface area (Å²) in [4.78, 5) is 24.2. The molecule has 2 rings (SSSR count). The van der Waals surface area contributed by atoms with E-state index in [1.165, 1.54) is 4.68 Å². The molecule has 0 unspecified atom stereocenters. The molecule has 1 aromatic rings. The van der Waals surface area contributed by atoms with Crippen LogP contribution in [0.5, 0.6) is 0 Å². The second kappa shape index (κ2) is 5.39. The Morgan fingerprint density at radius 3 is 3.06 bits per heavy atom. The summed E-state index contributed by atoms with van der Waals surface area (Å²) in [6, 6.07) is 1.48. The summed E-state index contributed by atoms with van der Waals surface area (Å²) in [5.41, 5.74) is 5.42. The van der Waals surface area contributed by atoms with Crippen molar-refractivity contribution in [2.24, 2.45) is 0 Å². The van der Waals surface area contributed by atoms with Gasteiger partial charge in [-0.05, 0) is 6.07 Å². The van der Waals surface area contributed by atoms with Gasteiger partial charge < -0.3 is 20.7 Å². The van der Waals surface area contributed by atoms with Gasteiger partial charge in [-0.2, -0.15) is 5.10 Å². The summed E-state index contributed by atoms with van der Waals surface area (Å²) < 4.78 is 6.41. The molecule has 1 aromatic heterocycles. The topological polar surface area (TPSA) is 102 Å². The van der Waals surface area contributed by atoms with Crippen molar-refractivity contribution in [2.45, 2.75) is 6.54 Å².